The molecule has 0 bridgehead atoms. The molecule has 1 N–H and O–H groups in total. The molecule has 0 aliphatic heterocycles. The average molecular weight is 234 g/mol. The van der Waals surface area contributed by atoms with Crippen molar-refractivity contribution in [3.8, 4) is 0 Å². The molecule has 0 amide bonds. The van der Waals surface area contributed by atoms with Crippen molar-refractivity contribution in [3.05, 3.63) is 0 Å². The third-order valence-electron chi connectivity index (χ3n) is 3.37. The Labute approximate surface area is 96.4 Å². The highest BCUT2D eigenvalue weighted by Gasteiger charge is 2.80. The fourth-order valence-electron chi connectivity index (χ4n) is 2.13. The minimum Gasteiger partial charge on any atom is -0.387 e. The van der Waals surface area contributed by atoms with Crippen LogP contribution in [0.2, 0.25) is 0 Å². The monoisotopic (exact) mass is 234 g/mol. The molecule has 0 aromatic rings. The van der Waals surface area contributed by atoms with E-state index in [1.165, 1.54) is 0 Å². The molecule has 1 aliphatic carbocycles. The van der Waals surface area contributed by atoms with Gasteiger partial charge in [0.15, 0.2) is 0 Å². The van der Waals surface area contributed by atoms with E-state index in [1.807, 2.05) is 30.4 Å². The summed E-state index contributed by atoms with van der Waals surface area (Å²) in [6.45, 7) is 12.9. The van der Waals surface area contributed by atoms with Crippen LogP contribution in [0.25, 0.3) is 0 Å². The second-order valence-corrected chi connectivity index (χ2v) is 8.44. The van der Waals surface area contributed by atoms with Gasteiger partial charge in [-0.1, -0.05) is 34.6 Å². The molecule has 0 aromatic heterocycles. The number of rotatable bonds is 4. The lowest BCUT2D eigenvalue weighted by Crippen LogP contribution is -2.17. The van der Waals surface area contributed by atoms with Gasteiger partial charge in [-0.25, -0.2) is 0 Å². The Kier molecular flexibility index (Phi) is 3.27. The van der Waals surface area contributed by atoms with Crippen molar-refractivity contribution in [3.63, 3.8) is 0 Å². The van der Waals surface area contributed by atoms with Crippen LogP contribution in [0.4, 0.5) is 0 Å². The number of hydrogen-bond acceptors (Lipinski definition) is 3. The van der Waals surface area contributed by atoms with E-state index in [-0.39, 0.29) is 9.49 Å². The van der Waals surface area contributed by atoms with Crippen molar-refractivity contribution >= 4 is 23.5 Å². The van der Waals surface area contributed by atoms with Crippen LogP contribution < -0.4 is 0 Å². The number of aliphatic hydroxyl groups is 1. The van der Waals surface area contributed by atoms with Gasteiger partial charge >= 0.3 is 0 Å². The van der Waals surface area contributed by atoms with E-state index in [1.54, 1.807) is 0 Å². The maximum atomic E-state index is 10.4. The van der Waals surface area contributed by atoms with E-state index in [9.17, 15) is 5.11 Å². The first-order chi connectivity index (χ1) is 6.23. The molecule has 3 heteroatoms. The molecule has 1 fully saturated rings. The zero-order valence-electron chi connectivity index (χ0n) is 10.0. The molecule has 2 unspecified atom stereocenters. The van der Waals surface area contributed by atoms with Crippen LogP contribution in [-0.4, -0.2) is 25.8 Å². The molecule has 1 rings (SSSR count). The van der Waals surface area contributed by atoms with Gasteiger partial charge in [0.25, 0.3) is 0 Å². The third kappa shape index (κ3) is 1.43. The first-order valence-electron chi connectivity index (χ1n) is 5.27. The molecule has 84 valence electrons. The highest BCUT2D eigenvalue weighted by molar-refractivity contribution is 8.19. The van der Waals surface area contributed by atoms with E-state index in [0.717, 1.165) is 5.75 Å². The molecule has 0 radical (unpaired) electrons. The third-order valence-corrected chi connectivity index (χ3v) is 7.32. The summed E-state index contributed by atoms with van der Waals surface area (Å²) in [5.41, 5.74) is -0.509. The predicted octanol–water partition coefficient (Wildman–Crippen LogP) is 3.37. The van der Waals surface area contributed by atoms with Gasteiger partial charge in [0, 0.05) is 10.7 Å². The lowest BCUT2D eigenvalue weighted by Gasteiger charge is -2.21. The van der Waals surface area contributed by atoms with Gasteiger partial charge in [-0.3, -0.25) is 0 Å². The number of thioether (sulfide) groups is 2. The Morgan fingerprint density at radius 1 is 1.21 bits per heavy atom. The van der Waals surface area contributed by atoms with Crippen molar-refractivity contribution in [1.29, 1.82) is 0 Å². The van der Waals surface area contributed by atoms with E-state index in [4.69, 9.17) is 0 Å². The summed E-state index contributed by atoms with van der Waals surface area (Å²) in [6.07, 6.45) is 0. The summed E-state index contributed by atoms with van der Waals surface area (Å²) in [5.74, 6) is 1.07. The molecule has 14 heavy (non-hydrogen) atoms. The summed E-state index contributed by atoms with van der Waals surface area (Å²) in [5, 5.41) is 11.0. The van der Waals surface area contributed by atoms with E-state index >= 15 is 0 Å². The summed E-state index contributed by atoms with van der Waals surface area (Å²) in [4.78, 5) is 0. The SMILES string of the molecule is CCSC1(SC(C)C)C(C)(C)C1(C)O. The Morgan fingerprint density at radius 3 is 1.86 bits per heavy atom. The first kappa shape index (κ1) is 12.7. The maximum Gasteiger partial charge on any atom is 0.0980 e. The molecule has 1 aliphatic rings. The molecule has 0 aromatic carbocycles. The topological polar surface area (TPSA) is 20.2 Å². The maximum absolute atomic E-state index is 10.4. The standard InChI is InChI=1S/C11H22OS2/c1-7-13-11(14-8(2)3)9(4,5)10(11,6)12/h8,12H,7H2,1-6H3. The highest BCUT2D eigenvalue weighted by Crippen LogP contribution is 2.77. The van der Waals surface area contributed by atoms with Crippen molar-refractivity contribution in [2.75, 3.05) is 5.75 Å². The first-order valence-corrected chi connectivity index (χ1v) is 7.13. The normalized spacial score (nSPS) is 40.3. The van der Waals surface area contributed by atoms with Crippen LogP contribution in [0.15, 0.2) is 0 Å². The summed E-state index contributed by atoms with van der Waals surface area (Å²) < 4.78 is 0.00289. The largest absolute Gasteiger partial charge is 0.387 e. The van der Waals surface area contributed by atoms with E-state index < -0.39 is 5.60 Å². The van der Waals surface area contributed by atoms with Crippen LogP contribution in [0.5, 0.6) is 0 Å². The van der Waals surface area contributed by atoms with Gasteiger partial charge in [-0.2, -0.15) is 0 Å². The zero-order valence-corrected chi connectivity index (χ0v) is 11.7. The molecule has 0 heterocycles. The lowest BCUT2D eigenvalue weighted by atomic mass is 10.1. The average Bonchev–Trinajstić information content (AvgIpc) is 2.29. The number of hydrogen-bond donors (Lipinski definition) is 1. The molecule has 1 nitrogen and oxygen atoms in total. The van der Waals surface area contributed by atoms with E-state index in [2.05, 4.69) is 34.6 Å². The van der Waals surface area contributed by atoms with Crippen molar-refractivity contribution in [1.82, 2.24) is 0 Å². The molecule has 2 atom stereocenters. The van der Waals surface area contributed by atoms with Crippen LogP contribution >= 0.6 is 23.5 Å². The van der Waals surface area contributed by atoms with Crippen molar-refractivity contribution in [2.24, 2.45) is 5.41 Å². The summed E-state index contributed by atoms with van der Waals surface area (Å²) in [7, 11) is 0. The van der Waals surface area contributed by atoms with Crippen LogP contribution in [0.3, 0.4) is 0 Å². The van der Waals surface area contributed by atoms with Gasteiger partial charge in [0.05, 0.1) is 9.68 Å². The van der Waals surface area contributed by atoms with Crippen LogP contribution in [0, 0.1) is 5.41 Å². The molecular formula is C11H22OS2. The minimum atomic E-state index is -0.532. The molecule has 1 saturated carbocycles. The van der Waals surface area contributed by atoms with E-state index in [0.29, 0.717) is 5.25 Å². The quantitative estimate of drug-likeness (QED) is 0.753. The smallest absolute Gasteiger partial charge is 0.0980 e. The second-order valence-electron chi connectivity index (χ2n) is 4.91. The fourth-order valence-corrected chi connectivity index (χ4v) is 6.38. The van der Waals surface area contributed by atoms with Gasteiger partial charge in [-0.05, 0) is 12.7 Å². The van der Waals surface area contributed by atoms with Crippen LogP contribution in [-0.2, 0) is 0 Å². The van der Waals surface area contributed by atoms with Gasteiger partial charge in [-0.15, -0.1) is 23.5 Å². The van der Waals surface area contributed by atoms with Gasteiger partial charge in [0.2, 0.25) is 0 Å². The lowest BCUT2D eigenvalue weighted by molar-refractivity contribution is 0.129. The summed E-state index contributed by atoms with van der Waals surface area (Å²) >= 11 is 3.82. The Hall–Kier alpha value is 0.660. The van der Waals surface area contributed by atoms with Crippen LogP contribution in [0.1, 0.15) is 41.5 Å². The Bertz CT molecular complexity index is 207. The van der Waals surface area contributed by atoms with Gasteiger partial charge in [0.1, 0.15) is 0 Å². The van der Waals surface area contributed by atoms with Crippen molar-refractivity contribution in [2.45, 2.75) is 56.5 Å². The minimum absolute atomic E-state index is 0.00289. The fraction of sp³-hybridized carbons (Fsp3) is 1.00. The summed E-state index contributed by atoms with van der Waals surface area (Å²) in [6, 6.07) is 0. The molecule has 0 spiro atoms. The van der Waals surface area contributed by atoms with Crippen molar-refractivity contribution < 1.29 is 5.11 Å². The Balaban J connectivity index is 2.87. The van der Waals surface area contributed by atoms with Gasteiger partial charge < -0.3 is 5.11 Å². The highest BCUT2D eigenvalue weighted by atomic mass is 32.2. The zero-order chi connectivity index (χ0) is 11.2. The molecular weight excluding hydrogens is 212 g/mol. The predicted molar refractivity (Wildman–Crippen MR) is 68.0 cm³/mol. The molecule has 0 saturated heterocycles. The second kappa shape index (κ2) is 3.60. The Morgan fingerprint density at radius 2 is 1.64 bits per heavy atom.